The highest BCUT2D eigenvalue weighted by Crippen LogP contribution is 2.20. The van der Waals surface area contributed by atoms with Gasteiger partial charge in [0.1, 0.15) is 15.2 Å². The fourth-order valence-electron chi connectivity index (χ4n) is 1.06. The third kappa shape index (κ3) is 3.53. The smallest absolute Gasteiger partial charge is 0.250 e. The van der Waals surface area contributed by atoms with E-state index in [1.165, 1.54) is 17.0 Å². The van der Waals surface area contributed by atoms with Crippen molar-refractivity contribution in [2.45, 2.75) is 11.1 Å². The van der Waals surface area contributed by atoms with E-state index in [-0.39, 0.29) is 16.7 Å². The number of thiophene rings is 1. The number of hydrogen-bond donors (Lipinski definition) is 1. The fourth-order valence-corrected chi connectivity index (χ4v) is 3.19. The number of likely N-dealkylation sites (N-methyl/N-ethyl adjacent to an activating group) is 1. The first kappa shape index (κ1) is 14.6. The van der Waals surface area contributed by atoms with Crippen LogP contribution in [0.5, 0.6) is 0 Å². The van der Waals surface area contributed by atoms with Gasteiger partial charge in [-0.1, -0.05) is 0 Å². The van der Waals surface area contributed by atoms with Crippen molar-refractivity contribution in [1.29, 1.82) is 5.26 Å². The van der Waals surface area contributed by atoms with Crippen LogP contribution in [0.2, 0.25) is 0 Å². The molecule has 0 spiro atoms. The van der Waals surface area contributed by atoms with Gasteiger partial charge in [0.05, 0.1) is 6.54 Å². The molecular weight excluding hydrogens is 274 g/mol. The van der Waals surface area contributed by atoms with E-state index in [9.17, 15) is 13.2 Å². The average Bonchev–Trinajstić information content (AvgIpc) is 2.84. The Morgan fingerprint density at radius 3 is 2.72 bits per heavy atom. The number of nitrogens with one attached hydrogen (secondary N) is 1. The van der Waals surface area contributed by atoms with Crippen LogP contribution < -0.4 is 4.72 Å². The Hall–Kier alpha value is -1.43. The molecule has 0 aromatic carbocycles. The molecule has 0 unspecified atom stereocenters. The summed E-state index contributed by atoms with van der Waals surface area (Å²) in [5, 5.41) is 8.62. The van der Waals surface area contributed by atoms with E-state index in [0.29, 0.717) is 11.4 Å². The molecule has 0 saturated carbocycles. The van der Waals surface area contributed by atoms with Crippen molar-refractivity contribution in [3.05, 3.63) is 17.0 Å². The van der Waals surface area contributed by atoms with Crippen molar-refractivity contribution < 1.29 is 13.2 Å². The van der Waals surface area contributed by atoms with Crippen LogP contribution in [0, 0.1) is 11.3 Å². The molecule has 1 aromatic heterocycles. The Bertz CT molecular complexity index is 571. The number of sulfonamides is 1. The molecule has 0 aliphatic rings. The summed E-state index contributed by atoms with van der Waals surface area (Å²) >= 11 is 0.869. The SMILES string of the molecule is CCN(C)C(=O)CNS(=O)(=O)c1ccc(C#N)s1. The van der Waals surface area contributed by atoms with Gasteiger partial charge in [-0.3, -0.25) is 4.79 Å². The van der Waals surface area contributed by atoms with Crippen LogP contribution in [-0.4, -0.2) is 39.4 Å². The number of nitrogens with zero attached hydrogens (tertiary/aromatic N) is 2. The predicted octanol–water partition coefficient (Wildman–Crippen LogP) is 0.376. The van der Waals surface area contributed by atoms with Gasteiger partial charge in [0.15, 0.2) is 0 Å². The van der Waals surface area contributed by atoms with Crippen LogP contribution in [0.4, 0.5) is 0 Å². The molecular formula is C10H13N3O3S2. The Labute approximate surface area is 110 Å². The van der Waals surface area contributed by atoms with Gasteiger partial charge in [-0.2, -0.15) is 5.26 Å². The second kappa shape index (κ2) is 5.95. The van der Waals surface area contributed by atoms with Crippen LogP contribution in [-0.2, 0) is 14.8 Å². The summed E-state index contributed by atoms with van der Waals surface area (Å²) in [5.74, 6) is -0.307. The number of hydrogen-bond acceptors (Lipinski definition) is 5. The van der Waals surface area contributed by atoms with Gasteiger partial charge >= 0.3 is 0 Å². The van der Waals surface area contributed by atoms with E-state index in [2.05, 4.69) is 4.72 Å². The summed E-state index contributed by atoms with van der Waals surface area (Å²) in [5.41, 5.74) is 0. The molecule has 1 N–H and O–H groups in total. The lowest BCUT2D eigenvalue weighted by Crippen LogP contribution is -2.37. The largest absolute Gasteiger partial charge is 0.345 e. The topological polar surface area (TPSA) is 90.3 Å². The van der Waals surface area contributed by atoms with E-state index < -0.39 is 10.0 Å². The molecule has 0 saturated heterocycles. The second-order valence-corrected chi connectivity index (χ2v) is 6.54. The van der Waals surface area contributed by atoms with Gasteiger partial charge in [0.2, 0.25) is 5.91 Å². The van der Waals surface area contributed by atoms with Crippen LogP contribution in [0.3, 0.4) is 0 Å². The highest BCUT2D eigenvalue weighted by atomic mass is 32.2. The maximum atomic E-state index is 11.8. The number of carbonyl (C=O) groups is 1. The summed E-state index contributed by atoms with van der Waals surface area (Å²) in [6.45, 7) is 2.02. The molecule has 0 aliphatic carbocycles. The van der Waals surface area contributed by atoms with Crippen molar-refractivity contribution in [2.24, 2.45) is 0 Å². The highest BCUT2D eigenvalue weighted by Gasteiger charge is 2.18. The number of rotatable bonds is 5. The van der Waals surface area contributed by atoms with Crippen LogP contribution in [0.15, 0.2) is 16.3 Å². The monoisotopic (exact) mass is 287 g/mol. The normalized spacial score (nSPS) is 10.9. The summed E-state index contributed by atoms with van der Waals surface area (Å²) in [7, 11) is -2.12. The van der Waals surface area contributed by atoms with Gasteiger partial charge in [0, 0.05) is 13.6 Å². The van der Waals surface area contributed by atoms with Crippen LogP contribution in [0.25, 0.3) is 0 Å². The van der Waals surface area contributed by atoms with Gasteiger partial charge in [0.25, 0.3) is 10.0 Å². The number of nitriles is 1. The molecule has 8 heteroatoms. The van der Waals surface area contributed by atoms with E-state index >= 15 is 0 Å². The van der Waals surface area contributed by atoms with Gasteiger partial charge < -0.3 is 4.90 Å². The number of carbonyl (C=O) groups excluding carboxylic acids is 1. The lowest BCUT2D eigenvalue weighted by atomic mass is 10.5. The summed E-state index contributed by atoms with van der Waals surface area (Å²) in [4.78, 5) is 13.2. The molecule has 0 atom stereocenters. The zero-order valence-electron chi connectivity index (χ0n) is 10.0. The van der Waals surface area contributed by atoms with E-state index in [0.717, 1.165) is 11.3 Å². The molecule has 0 radical (unpaired) electrons. The molecule has 0 bridgehead atoms. The van der Waals surface area contributed by atoms with Crippen LogP contribution >= 0.6 is 11.3 Å². The fraction of sp³-hybridized carbons (Fsp3) is 0.400. The molecule has 6 nitrogen and oxygen atoms in total. The first-order valence-corrected chi connectivity index (χ1v) is 7.44. The minimum Gasteiger partial charge on any atom is -0.345 e. The maximum absolute atomic E-state index is 11.8. The van der Waals surface area contributed by atoms with E-state index in [4.69, 9.17) is 5.26 Å². The summed E-state index contributed by atoms with van der Waals surface area (Å²) in [6, 6.07) is 4.64. The van der Waals surface area contributed by atoms with Crippen LogP contribution in [0.1, 0.15) is 11.8 Å². The zero-order chi connectivity index (χ0) is 13.8. The average molecular weight is 287 g/mol. The Morgan fingerprint density at radius 2 is 2.22 bits per heavy atom. The van der Waals surface area contributed by atoms with Crippen molar-refractivity contribution >= 4 is 27.3 Å². The Morgan fingerprint density at radius 1 is 1.56 bits per heavy atom. The van der Waals surface area contributed by atoms with Gasteiger partial charge in [-0.25, -0.2) is 13.1 Å². The molecule has 0 aliphatic heterocycles. The second-order valence-electron chi connectivity index (χ2n) is 3.46. The first-order valence-electron chi connectivity index (χ1n) is 5.14. The lowest BCUT2D eigenvalue weighted by molar-refractivity contribution is -0.128. The molecule has 0 fully saturated rings. The van der Waals surface area contributed by atoms with Crippen molar-refractivity contribution in [3.8, 4) is 6.07 Å². The summed E-state index contributed by atoms with van der Waals surface area (Å²) in [6.07, 6.45) is 0. The van der Waals surface area contributed by atoms with Crippen molar-refractivity contribution in [1.82, 2.24) is 9.62 Å². The molecule has 18 heavy (non-hydrogen) atoms. The maximum Gasteiger partial charge on any atom is 0.250 e. The van der Waals surface area contributed by atoms with Crippen molar-refractivity contribution in [2.75, 3.05) is 20.1 Å². The number of amides is 1. The highest BCUT2D eigenvalue weighted by molar-refractivity contribution is 7.91. The minimum atomic E-state index is -3.72. The molecule has 1 heterocycles. The quantitative estimate of drug-likeness (QED) is 0.847. The molecule has 98 valence electrons. The standard InChI is InChI=1S/C10H13N3O3S2/c1-3-13(2)9(14)7-12-18(15,16)10-5-4-8(6-11)17-10/h4-5,12H,3,7H2,1-2H3. The predicted molar refractivity (Wildman–Crippen MR) is 67.5 cm³/mol. The minimum absolute atomic E-state index is 0.0333. The third-order valence-corrected chi connectivity index (χ3v) is 5.15. The third-order valence-electron chi connectivity index (χ3n) is 2.27. The van der Waals surface area contributed by atoms with E-state index in [1.54, 1.807) is 14.0 Å². The lowest BCUT2D eigenvalue weighted by Gasteiger charge is -2.14. The van der Waals surface area contributed by atoms with E-state index in [1.807, 2.05) is 6.07 Å². The molecule has 1 rings (SSSR count). The Kier molecular flexibility index (Phi) is 4.84. The summed E-state index contributed by atoms with van der Waals surface area (Å²) < 4.78 is 25.8. The zero-order valence-corrected chi connectivity index (χ0v) is 11.6. The van der Waals surface area contributed by atoms with Gasteiger partial charge in [-0.15, -0.1) is 11.3 Å². The first-order chi connectivity index (χ1) is 8.40. The molecule has 1 aromatic rings. The van der Waals surface area contributed by atoms with Gasteiger partial charge in [-0.05, 0) is 19.1 Å². The van der Waals surface area contributed by atoms with Crippen molar-refractivity contribution in [3.63, 3.8) is 0 Å². The Balaban J connectivity index is 2.72. The molecule has 1 amide bonds.